The van der Waals surface area contributed by atoms with Crippen LogP contribution < -0.4 is 20.2 Å². The van der Waals surface area contributed by atoms with E-state index in [4.69, 9.17) is 4.74 Å². The van der Waals surface area contributed by atoms with Crippen molar-refractivity contribution in [3.8, 4) is 21.9 Å². The number of amides is 1. The van der Waals surface area contributed by atoms with Crippen molar-refractivity contribution < 1.29 is 14.1 Å². The smallest absolute Gasteiger partial charge is 0.274 e. The van der Waals surface area contributed by atoms with Crippen molar-refractivity contribution in [2.45, 2.75) is 40.7 Å². The van der Waals surface area contributed by atoms with Crippen LogP contribution in [0.3, 0.4) is 0 Å². The molecule has 0 bridgehead atoms. The number of pyridine rings is 2. The van der Waals surface area contributed by atoms with E-state index in [-0.39, 0.29) is 17.5 Å². The van der Waals surface area contributed by atoms with Gasteiger partial charge in [0.2, 0.25) is 0 Å². The second-order valence-electron chi connectivity index (χ2n) is 9.74. The number of nitrogens with one attached hydrogen (secondary N) is 2. The molecule has 0 unspecified atom stereocenters. The Morgan fingerprint density at radius 2 is 1.92 bits per heavy atom. The highest BCUT2D eigenvalue weighted by Crippen LogP contribution is 2.50. The third-order valence-electron chi connectivity index (χ3n) is 5.91. The number of hydrogen-bond acceptors (Lipinski definition) is 6. The monoisotopic (exact) mass is 526 g/mol. The number of hydrogen-bond donors (Lipinski definition) is 2. The molecular formula is C26H31N4O4PS. The maximum atomic E-state index is 13.2. The van der Waals surface area contributed by atoms with Crippen molar-refractivity contribution >= 4 is 39.9 Å². The van der Waals surface area contributed by atoms with E-state index in [0.29, 0.717) is 33.7 Å². The van der Waals surface area contributed by atoms with Crippen LogP contribution in [0.15, 0.2) is 29.3 Å². The van der Waals surface area contributed by atoms with Crippen LogP contribution in [0.1, 0.15) is 41.2 Å². The number of aromatic nitrogens is 3. The highest BCUT2D eigenvalue weighted by Gasteiger charge is 2.28. The van der Waals surface area contributed by atoms with Crippen LogP contribution in [0.25, 0.3) is 21.3 Å². The summed E-state index contributed by atoms with van der Waals surface area (Å²) in [7, 11) is -0.968. The van der Waals surface area contributed by atoms with Crippen molar-refractivity contribution in [2.75, 3.05) is 13.3 Å². The highest BCUT2D eigenvalue weighted by molar-refractivity contribution is 7.76. The standard InChI is InChI=1S/C26H31N4O4PS/c1-13(2)28-24(31)19-11-17-18(12-30(6)25(32)20(17)29-19)23-22(15(4)26(36-23)35(7,8)33)34-21-14(3)9-10-27-16(21)5/h9-13,29H,1-8H3,(H,28,31). The van der Waals surface area contributed by atoms with Gasteiger partial charge in [-0.05, 0) is 65.6 Å². The molecule has 2 N–H and O–H groups in total. The molecule has 0 radical (unpaired) electrons. The van der Waals surface area contributed by atoms with Crippen LogP contribution in [0.5, 0.6) is 11.5 Å². The lowest BCUT2D eigenvalue weighted by Crippen LogP contribution is -2.30. The average molecular weight is 527 g/mol. The zero-order valence-corrected chi connectivity index (χ0v) is 23.5. The molecule has 4 aromatic heterocycles. The minimum absolute atomic E-state index is 0.0528. The van der Waals surface area contributed by atoms with Gasteiger partial charge in [0, 0.05) is 42.0 Å². The first-order valence-electron chi connectivity index (χ1n) is 11.6. The Kier molecular flexibility index (Phi) is 6.75. The summed E-state index contributed by atoms with van der Waals surface area (Å²) in [5, 5.41) is 3.46. The van der Waals surface area contributed by atoms with E-state index in [1.54, 1.807) is 38.8 Å². The van der Waals surface area contributed by atoms with Gasteiger partial charge in [-0.25, -0.2) is 0 Å². The number of fused-ring (bicyclic) bond motifs is 1. The summed E-state index contributed by atoms with van der Waals surface area (Å²) < 4.78 is 22.0. The summed E-state index contributed by atoms with van der Waals surface area (Å²) >= 11 is 1.40. The maximum absolute atomic E-state index is 13.2. The largest absolute Gasteiger partial charge is 0.453 e. The molecule has 190 valence electrons. The number of thiophene rings is 1. The molecule has 0 aliphatic rings. The molecule has 0 spiro atoms. The Balaban J connectivity index is 2.02. The minimum Gasteiger partial charge on any atom is -0.453 e. The van der Waals surface area contributed by atoms with Gasteiger partial charge in [-0.2, -0.15) is 0 Å². The lowest BCUT2D eigenvalue weighted by Gasteiger charge is -2.14. The van der Waals surface area contributed by atoms with Gasteiger partial charge < -0.3 is 24.2 Å². The lowest BCUT2D eigenvalue weighted by atomic mass is 10.1. The molecule has 4 aromatic rings. The van der Waals surface area contributed by atoms with Crippen molar-refractivity contribution in [2.24, 2.45) is 7.05 Å². The summed E-state index contributed by atoms with van der Waals surface area (Å²) in [6.07, 6.45) is 3.47. The summed E-state index contributed by atoms with van der Waals surface area (Å²) in [6, 6.07) is 3.52. The molecule has 0 aliphatic carbocycles. The van der Waals surface area contributed by atoms with Gasteiger partial charge >= 0.3 is 0 Å². The van der Waals surface area contributed by atoms with Gasteiger partial charge in [0.25, 0.3) is 11.5 Å². The number of carbonyl (C=O) groups excluding carboxylic acids is 1. The number of nitrogens with zero attached hydrogens (tertiary/aromatic N) is 2. The highest BCUT2D eigenvalue weighted by atomic mass is 32.1. The van der Waals surface area contributed by atoms with E-state index in [1.165, 1.54) is 15.9 Å². The molecular weight excluding hydrogens is 495 g/mol. The number of aromatic amines is 1. The Bertz CT molecular complexity index is 1590. The zero-order chi connectivity index (χ0) is 26.5. The molecule has 1 amide bonds. The molecule has 0 aliphatic heterocycles. The third-order valence-corrected chi connectivity index (χ3v) is 9.93. The van der Waals surface area contributed by atoms with Gasteiger partial charge in [-0.1, -0.05) is 0 Å². The summed E-state index contributed by atoms with van der Waals surface area (Å²) in [4.78, 5) is 33.8. The number of aryl methyl sites for hydroxylation is 3. The van der Waals surface area contributed by atoms with E-state index < -0.39 is 7.14 Å². The van der Waals surface area contributed by atoms with E-state index in [9.17, 15) is 14.2 Å². The van der Waals surface area contributed by atoms with Crippen LogP contribution in [-0.2, 0) is 11.6 Å². The van der Waals surface area contributed by atoms with Gasteiger partial charge in [0.15, 0.2) is 5.75 Å². The van der Waals surface area contributed by atoms with E-state index in [1.807, 2.05) is 40.7 Å². The second-order valence-corrected chi connectivity index (χ2v) is 14.2. The molecule has 0 aromatic carbocycles. The van der Waals surface area contributed by atoms with Crippen LogP contribution in [0.2, 0.25) is 0 Å². The Labute approximate surface area is 214 Å². The number of H-pyrrole nitrogens is 1. The lowest BCUT2D eigenvalue weighted by molar-refractivity contribution is 0.0939. The van der Waals surface area contributed by atoms with Crippen LogP contribution >= 0.6 is 18.5 Å². The van der Waals surface area contributed by atoms with E-state index >= 15 is 0 Å². The Hall–Kier alpha value is -3.16. The predicted molar refractivity (Wildman–Crippen MR) is 147 cm³/mol. The molecule has 0 saturated carbocycles. The van der Waals surface area contributed by atoms with Gasteiger partial charge in [-0.15, -0.1) is 11.3 Å². The summed E-state index contributed by atoms with van der Waals surface area (Å²) in [5.74, 6) is 0.926. The molecule has 36 heavy (non-hydrogen) atoms. The van der Waals surface area contributed by atoms with Gasteiger partial charge in [-0.3, -0.25) is 14.6 Å². The van der Waals surface area contributed by atoms with Crippen molar-refractivity contribution in [1.29, 1.82) is 0 Å². The van der Waals surface area contributed by atoms with Crippen molar-refractivity contribution in [1.82, 2.24) is 19.9 Å². The van der Waals surface area contributed by atoms with Crippen molar-refractivity contribution in [3.63, 3.8) is 0 Å². The van der Waals surface area contributed by atoms with Crippen molar-refractivity contribution in [3.05, 3.63) is 57.4 Å². The first kappa shape index (κ1) is 25.9. The minimum atomic E-state index is -2.64. The Morgan fingerprint density at radius 3 is 2.53 bits per heavy atom. The molecule has 0 fully saturated rings. The predicted octanol–water partition coefficient (Wildman–Crippen LogP) is 5.09. The zero-order valence-electron chi connectivity index (χ0n) is 21.8. The number of rotatable bonds is 6. The molecule has 4 rings (SSSR count). The van der Waals surface area contributed by atoms with Gasteiger partial charge in [0.05, 0.1) is 15.2 Å². The third kappa shape index (κ3) is 4.65. The fourth-order valence-electron chi connectivity index (χ4n) is 4.21. The number of carbonyl (C=O) groups is 1. The molecule has 10 heteroatoms. The molecule has 0 saturated heterocycles. The van der Waals surface area contributed by atoms with Crippen LogP contribution in [0.4, 0.5) is 0 Å². The summed E-state index contributed by atoms with van der Waals surface area (Å²) in [5.41, 5.74) is 3.56. The first-order chi connectivity index (χ1) is 16.8. The average Bonchev–Trinajstić information content (AvgIpc) is 3.35. The normalized spacial score (nSPS) is 11.9. The molecule has 4 heterocycles. The fourth-order valence-corrected chi connectivity index (χ4v) is 7.28. The van der Waals surface area contributed by atoms with Crippen LogP contribution in [0, 0.1) is 20.8 Å². The quantitative estimate of drug-likeness (QED) is 0.340. The van der Waals surface area contributed by atoms with E-state index in [0.717, 1.165) is 26.3 Å². The summed E-state index contributed by atoms with van der Waals surface area (Å²) in [6.45, 7) is 13.0. The second kappa shape index (κ2) is 9.37. The fraction of sp³-hybridized carbons (Fsp3) is 0.346. The van der Waals surface area contributed by atoms with Crippen LogP contribution in [-0.4, -0.2) is 39.8 Å². The van der Waals surface area contributed by atoms with E-state index in [2.05, 4.69) is 15.3 Å². The molecule has 8 nitrogen and oxygen atoms in total. The maximum Gasteiger partial charge on any atom is 0.274 e. The topological polar surface area (TPSA) is 106 Å². The SMILES string of the molecule is Cc1ccnc(C)c1Oc1c(-c2cn(C)c(=O)c3[nH]c(C(=O)NC(C)C)cc23)sc(P(C)(C)=O)c1C. The van der Waals surface area contributed by atoms with Gasteiger partial charge in [0.1, 0.15) is 24.1 Å². The molecule has 0 atom stereocenters. The number of ether oxygens (including phenoxy) is 1. The first-order valence-corrected chi connectivity index (χ1v) is 15.0. The Morgan fingerprint density at radius 1 is 1.22 bits per heavy atom.